The van der Waals surface area contributed by atoms with Crippen LogP contribution in [0.3, 0.4) is 0 Å². The van der Waals surface area contributed by atoms with E-state index in [9.17, 15) is 4.79 Å². The molecule has 0 unspecified atom stereocenters. The zero-order chi connectivity index (χ0) is 10.7. The summed E-state index contributed by atoms with van der Waals surface area (Å²) in [7, 11) is 0. The monoisotopic (exact) mass is 219 g/mol. The number of rotatable bonds is 2. The highest BCUT2D eigenvalue weighted by Crippen LogP contribution is 2.15. The van der Waals surface area contributed by atoms with Gasteiger partial charge in [0, 0.05) is 6.54 Å². The number of hydrogen-bond acceptors (Lipinski definition) is 1. The molecule has 0 heterocycles. The quantitative estimate of drug-likeness (QED) is 0.610. The topological polar surface area (TPSA) is 29.1 Å². The second-order valence-electron chi connectivity index (χ2n) is 3.31. The molecule has 1 N–H and O–H groups in total. The van der Waals surface area contributed by atoms with E-state index in [1.807, 2.05) is 36.4 Å². The van der Waals surface area contributed by atoms with Crippen LogP contribution in [0.2, 0.25) is 0 Å². The van der Waals surface area contributed by atoms with Crippen molar-refractivity contribution in [3.05, 3.63) is 48.0 Å². The van der Waals surface area contributed by atoms with Gasteiger partial charge in [-0.3, -0.25) is 4.79 Å². The summed E-state index contributed by atoms with van der Waals surface area (Å²) in [4.78, 5) is 10.5. The van der Waals surface area contributed by atoms with Crippen molar-refractivity contribution in [2.45, 2.75) is 6.54 Å². The van der Waals surface area contributed by atoms with Crippen molar-refractivity contribution in [3.8, 4) is 0 Å². The summed E-state index contributed by atoms with van der Waals surface area (Å²) >= 11 is 5.20. The van der Waals surface area contributed by atoms with Crippen LogP contribution in [-0.2, 0) is 6.54 Å². The third-order valence-electron chi connectivity index (χ3n) is 2.25. The van der Waals surface area contributed by atoms with Gasteiger partial charge in [0.25, 0.3) is 0 Å². The Hall–Kier alpha value is -1.54. The minimum absolute atomic E-state index is 0.465. The van der Waals surface area contributed by atoms with E-state index in [1.54, 1.807) is 0 Å². The van der Waals surface area contributed by atoms with Crippen LogP contribution in [0.15, 0.2) is 42.5 Å². The van der Waals surface area contributed by atoms with Gasteiger partial charge in [-0.1, -0.05) is 36.4 Å². The van der Waals surface area contributed by atoms with Crippen molar-refractivity contribution in [1.82, 2.24) is 5.32 Å². The molecule has 1 amide bonds. The molecule has 0 radical (unpaired) electrons. The van der Waals surface area contributed by atoms with Gasteiger partial charge in [0.05, 0.1) is 0 Å². The van der Waals surface area contributed by atoms with Crippen LogP contribution >= 0.6 is 11.6 Å². The Morgan fingerprint density at radius 1 is 1.13 bits per heavy atom. The van der Waals surface area contributed by atoms with Gasteiger partial charge in [-0.25, -0.2) is 0 Å². The number of carbonyl (C=O) groups is 1. The number of nitrogens with one attached hydrogen (secondary N) is 1. The van der Waals surface area contributed by atoms with E-state index in [2.05, 4.69) is 11.4 Å². The maximum Gasteiger partial charge on any atom is 0.314 e. The first-order valence-electron chi connectivity index (χ1n) is 4.67. The largest absolute Gasteiger partial charge is 0.339 e. The molecule has 0 saturated heterocycles. The molecule has 0 atom stereocenters. The summed E-state index contributed by atoms with van der Waals surface area (Å²) in [5, 5.41) is 4.39. The molecule has 2 aromatic rings. The fourth-order valence-corrected chi connectivity index (χ4v) is 1.59. The van der Waals surface area contributed by atoms with E-state index in [-0.39, 0.29) is 0 Å². The number of benzene rings is 2. The second kappa shape index (κ2) is 4.32. The van der Waals surface area contributed by atoms with Crippen LogP contribution in [0.25, 0.3) is 10.8 Å². The Morgan fingerprint density at radius 2 is 1.87 bits per heavy atom. The summed E-state index contributed by atoms with van der Waals surface area (Å²) in [6, 6.07) is 14.2. The van der Waals surface area contributed by atoms with Gasteiger partial charge in [0.1, 0.15) is 0 Å². The molecule has 2 aromatic carbocycles. The number of amides is 1. The molecule has 0 aliphatic carbocycles. The van der Waals surface area contributed by atoms with E-state index in [0.29, 0.717) is 6.54 Å². The zero-order valence-corrected chi connectivity index (χ0v) is 8.79. The first-order chi connectivity index (χ1) is 7.25. The average Bonchev–Trinajstić information content (AvgIpc) is 2.26. The highest BCUT2D eigenvalue weighted by atomic mass is 35.5. The molecule has 0 fully saturated rings. The van der Waals surface area contributed by atoms with Gasteiger partial charge in [0.2, 0.25) is 0 Å². The molecule has 0 saturated carbocycles. The third kappa shape index (κ3) is 2.48. The number of carbonyl (C=O) groups excluding carboxylic acids is 1. The van der Waals surface area contributed by atoms with Gasteiger partial charge >= 0.3 is 5.37 Å². The van der Waals surface area contributed by atoms with Crippen LogP contribution < -0.4 is 5.32 Å². The van der Waals surface area contributed by atoms with Crippen molar-refractivity contribution >= 4 is 27.7 Å². The molecule has 0 aliphatic rings. The van der Waals surface area contributed by atoms with Crippen molar-refractivity contribution < 1.29 is 4.79 Å². The SMILES string of the molecule is O=C(Cl)NCc1ccc2ccccc2c1. The average molecular weight is 220 g/mol. The first kappa shape index (κ1) is 9.99. The molecular weight excluding hydrogens is 210 g/mol. The minimum Gasteiger partial charge on any atom is -0.339 e. The molecule has 0 aliphatic heterocycles. The first-order valence-corrected chi connectivity index (χ1v) is 5.04. The Bertz CT molecular complexity index is 496. The molecule has 15 heavy (non-hydrogen) atoms. The molecule has 0 aromatic heterocycles. The van der Waals surface area contributed by atoms with Gasteiger partial charge < -0.3 is 5.32 Å². The standard InChI is InChI=1S/C12H10ClNO/c13-12(15)14-8-9-5-6-10-3-1-2-4-11(10)7-9/h1-7H,8H2,(H,14,15). The molecule has 2 rings (SSSR count). The fourth-order valence-electron chi connectivity index (χ4n) is 1.52. The summed E-state index contributed by atoms with van der Waals surface area (Å²) < 4.78 is 0. The Morgan fingerprint density at radius 3 is 2.60 bits per heavy atom. The minimum atomic E-state index is -0.525. The second-order valence-corrected chi connectivity index (χ2v) is 3.65. The Balaban J connectivity index is 2.26. The maximum absolute atomic E-state index is 10.5. The lowest BCUT2D eigenvalue weighted by Crippen LogP contribution is -2.15. The predicted molar refractivity (Wildman–Crippen MR) is 62.0 cm³/mol. The summed E-state index contributed by atoms with van der Waals surface area (Å²) in [6.45, 7) is 0.465. The van der Waals surface area contributed by atoms with E-state index in [0.717, 1.165) is 5.56 Å². The molecule has 0 bridgehead atoms. The van der Waals surface area contributed by atoms with Crippen molar-refractivity contribution in [2.75, 3.05) is 0 Å². The van der Waals surface area contributed by atoms with Crippen molar-refractivity contribution in [2.24, 2.45) is 0 Å². The normalized spacial score (nSPS) is 10.2. The van der Waals surface area contributed by atoms with E-state index in [1.165, 1.54) is 10.8 Å². The van der Waals surface area contributed by atoms with Gasteiger partial charge in [-0.05, 0) is 34.0 Å². The van der Waals surface area contributed by atoms with E-state index in [4.69, 9.17) is 11.6 Å². The zero-order valence-electron chi connectivity index (χ0n) is 8.03. The number of fused-ring (bicyclic) bond motifs is 1. The van der Waals surface area contributed by atoms with Crippen LogP contribution in [0, 0.1) is 0 Å². The number of hydrogen-bond donors (Lipinski definition) is 1. The Labute approximate surface area is 92.9 Å². The predicted octanol–water partition coefficient (Wildman–Crippen LogP) is 3.29. The van der Waals surface area contributed by atoms with Crippen LogP contribution in [0.4, 0.5) is 4.79 Å². The maximum atomic E-state index is 10.5. The molecule has 76 valence electrons. The van der Waals surface area contributed by atoms with Crippen LogP contribution in [0.1, 0.15) is 5.56 Å². The van der Waals surface area contributed by atoms with Crippen molar-refractivity contribution in [1.29, 1.82) is 0 Å². The molecule has 2 nitrogen and oxygen atoms in total. The van der Waals surface area contributed by atoms with Gasteiger partial charge in [0.15, 0.2) is 0 Å². The smallest absolute Gasteiger partial charge is 0.314 e. The lowest BCUT2D eigenvalue weighted by atomic mass is 10.1. The van der Waals surface area contributed by atoms with Crippen molar-refractivity contribution in [3.63, 3.8) is 0 Å². The van der Waals surface area contributed by atoms with E-state index >= 15 is 0 Å². The summed E-state index contributed by atoms with van der Waals surface area (Å²) in [6.07, 6.45) is 0. The van der Waals surface area contributed by atoms with Gasteiger partial charge in [-0.2, -0.15) is 0 Å². The van der Waals surface area contributed by atoms with Gasteiger partial charge in [-0.15, -0.1) is 0 Å². The van der Waals surface area contributed by atoms with E-state index < -0.39 is 5.37 Å². The number of halogens is 1. The molecule has 0 spiro atoms. The molecule has 3 heteroatoms. The fraction of sp³-hybridized carbons (Fsp3) is 0.0833. The molecular formula is C12H10ClNO. The highest BCUT2D eigenvalue weighted by Gasteiger charge is 1.97. The van der Waals surface area contributed by atoms with Crippen LogP contribution in [0.5, 0.6) is 0 Å². The lowest BCUT2D eigenvalue weighted by Gasteiger charge is -2.03. The summed E-state index contributed by atoms with van der Waals surface area (Å²) in [5.74, 6) is 0. The summed E-state index contributed by atoms with van der Waals surface area (Å²) in [5.41, 5.74) is 1.04. The highest BCUT2D eigenvalue weighted by molar-refractivity contribution is 6.62. The van der Waals surface area contributed by atoms with Crippen LogP contribution in [-0.4, -0.2) is 5.37 Å². The third-order valence-corrected chi connectivity index (χ3v) is 2.38. The lowest BCUT2D eigenvalue weighted by molar-refractivity contribution is 0.259. The Kier molecular flexibility index (Phi) is 2.88.